The van der Waals surface area contributed by atoms with E-state index in [-0.39, 0.29) is 28.9 Å². The Hall–Kier alpha value is -3.06. The maximum atomic E-state index is 14.5. The van der Waals surface area contributed by atoms with Crippen molar-refractivity contribution in [2.45, 2.75) is 39.2 Å². The molecular weight excluding hydrogens is 410 g/mol. The van der Waals surface area contributed by atoms with E-state index in [1.54, 1.807) is 19.2 Å². The molecule has 2 heterocycles. The summed E-state index contributed by atoms with van der Waals surface area (Å²) in [4.78, 5) is 17.2. The lowest BCUT2D eigenvalue weighted by Crippen LogP contribution is -2.36. The minimum atomic E-state index is -0.685. The lowest BCUT2D eigenvalue weighted by molar-refractivity contribution is 0.0960. The first kappa shape index (κ1) is 22.1. The zero-order valence-corrected chi connectivity index (χ0v) is 18.3. The molecule has 0 unspecified atom stereocenters. The molecular formula is C25H28F2N4O. The SMILES string of the molecule is Cc1ccc(F)c(-c2nc(C(=O)NC3=CNCC=C3[C@@H]3C[C@H](C)C[C@H](N)C3)ccc2F)c1. The number of amides is 1. The van der Waals surface area contributed by atoms with E-state index in [9.17, 15) is 13.6 Å². The van der Waals surface area contributed by atoms with Gasteiger partial charge in [0, 0.05) is 24.4 Å². The maximum absolute atomic E-state index is 14.5. The summed E-state index contributed by atoms with van der Waals surface area (Å²) >= 11 is 0. The van der Waals surface area contributed by atoms with Crippen LogP contribution in [0.3, 0.4) is 0 Å². The van der Waals surface area contributed by atoms with Crippen molar-refractivity contribution in [2.24, 2.45) is 17.6 Å². The largest absolute Gasteiger partial charge is 0.386 e. The van der Waals surface area contributed by atoms with Crippen molar-refractivity contribution in [3.63, 3.8) is 0 Å². The minimum absolute atomic E-state index is 0.0156. The third kappa shape index (κ3) is 4.72. The molecule has 1 aliphatic carbocycles. The molecule has 2 aromatic rings. The van der Waals surface area contributed by atoms with Crippen molar-refractivity contribution in [1.82, 2.24) is 15.6 Å². The normalized spacial score (nSPS) is 23.1. The van der Waals surface area contributed by atoms with Gasteiger partial charge in [0.2, 0.25) is 0 Å². The number of aromatic nitrogens is 1. The molecule has 32 heavy (non-hydrogen) atoms. The van der Waals surface area contributed by atoms with Gasteiger partial charge in [-0.05, 0) is 67.9 Å². The van der Waals surface area contributed by atoms with Gasteiger partial charge in [-0.25, -0.2) is 13.8 Å². The summed E-state index contributed by atoms with van der Waals surface area (Å²) in [6, 6.07) is 6.98. The summed E-state index contributed by atoms with van der Waals surface area (Å²) in [6.07, 6.45) is 6.75. The summed E-state index contributed by atoms with van der Waals surface area (Å²) in [7, 11) is 0. The molecule has 1 fully saturated rings. The lowest BCUT2D eigenvalue weighted by atomic mass is 9.75. The number of hydrogen-bond donors (Lipinski definition) is 3. The number of carbonyl (C=O) groups is 1. The highest BCUT2D eigenvalue weighted by molar-refractivity contribution is 5.94. The summed E-state index contributed by atoms with van der Waals surface area (Å²) < 4.78 is 28.8. The molecule has 1 saturated carbocycles. The Morgan fingerprint density at radius 2 is 1.94 bits per heavy atom. The van der Waals surface area contributed by atoms with E-state index in [4.69, 9.17) is 5.73 Å². The van der Waals surface area contributed by atoms with E-state index < -0.39 is 17.5 Å². The Morgan fingerprint density at radius 1 is 1.16 bits per heavy atom. The van der Waals surface area contributed by atoms with Gasteiger partial charge in [-0.2, -0.15) is 0 Å². The van der Waals surface area contributed by atoms with Crippen LogP contribution in [0.1, 0.15) is 42.2 Å². The molecule has 1 aromatic heterocycles. The van der Waals surface area contributed by atoms with Gasteiger partial charge in [0.05, 0.1) is 5.70 Å². The average molecular weight is 439 g/mol. The van der Waals surface area contributed by atoms with Crippen molar-refractivity contribution < 1.29 is 13.6 Å². The highest BCUT2D eigenvalue weighted by Gasteiger charge is 2.30. The van der Waals surface area contributed by atoms with Gasteiger partial charge in [0.25, 0.3) is 5.91 Å². The van der Waals surface area contributed by atoms with E-state index in [0.29, 0.717) is 18.2 Å². The quantitative estimate of drug-likeness (QED) is 0.669. The highest BCUT2D eigenvalue weighted by atomic mass is 19.1. The van der Waals surface area contributed by atoms with Crippen molar-refractivity contribution in [2.75, 3.05) is 6.54 Å². The highest BCUT2D eigenvalue weighted by Crippen LogP contribution is 2.36. The monoisotopic (exact) mass is 438 g/mol. The molecule has 0 bridgehead atoms. The minimum Gasteiger partial charge on any atom is -0.386 e. The van der Waals surface area contributed by atoms with Gasteiger partial charge < -0.3 is 16.4 Å². The number of nitrogens with two attached hydrogens (primary N) is 1. The maximum Gasteiger partial charge on any atom is 0.274 e. The molecule has 3 atom stereocenters. The molecule has 168 valence electrons. The second-order valence-electron chi connectivity index (χ2n) is 8.86. The smallest absolute Gasteiger partial charge is 0.274 e. The Kier molecular flexibility index (Phi) is 6.37. The predicted octanol–water partition coefficient (Wildman–Crippen LogP) is 4.20. The Bertz CT molecular complexity index is 1090. The number of halogens is 2. The summed E-state index contributed by atoms with van der Waals surface area (Å²) in [5.74, 6) is -0.974. The van der Waals surface area contributed by atoms with E-state index in [1.807, 2.05) is 0 Å². The molecule has 1 aromatic carbocycles. The van der Waals surface area contributed by atoms with Crippen LogP contribution in [-0.2, 0) is 0 Å². The first-order chi connectivity index (χ1) is 15.3. The molecule has 5 nitrogen and oxygen atoms in total. The molecule has 0 spiro atoms. The molecule has 0 saturated heterocycles. The van der Waals surface area contributed by atoms with Crippen LogP contribution in [0.4, 0.5) is 8.78 Å². The number of allylic oxidation sites excluding steroid dienone is 1. The fourth-order valence-corrected chi connectivity index (χ4v) is 4.69. The first-order valence-electron chi connectivity index (χ1n) is 11.0. The number of nitrogens with zero attached hydrogens (tertiary/aromatic N) is 1. The van der Waals surface area contributed by atoms with Crippen LogP contribution >= 0.6 is 0 Å². The van der Waals surface area contributed by atoms with Crippen molar-refractivity contribution >= 4 is 5.91 Å². The number of benzene rings is 1. The van der Waals surface area contributed by atoms with Gasteiger partial charge in [0.15, 0.2) is 0 Å². The number of rotatable bonds is 4. The first-order valence-corrected chi connectivity index (χ1v) is 11.0. The number of carbonyl (C=O) groups excluding carboxylic acids is 1. The number of aryl methyl sites for hydroxylation is 1. The summed E-state index contributed by atoms with van der Waals surface area (Å²) in [5, 5.41) is 6.04. The molecule has 1 amide bonds. The molecule has 7 heteroatoms. The fraction of sp³-hybridized carbons (Fsp3) is 0.360. The van der Waals surface area contributed by atoms with Gasteiger partial charge in [0.1, 0.15) is 23.0 Å². The summed E-state index contributed by atoms with van der Waals surface area (Å²) in [6.45, 7) is 4.66. The van der Waals surface area contributed by atoms with Gasteiger partial charge in [-0.15, -0.1) is 0 Å². The van der Waals surface area contributed by atoms with Crippen LogP contribution in [0.2, 0.25) is 0 Å². The Labute approximate surface area is 186 Å². The fourth-order valence-electron chi connectivity index (χ4n) is 4.69. The Balaban J connectivity index is 1.58. The van der Waals surface area contributed by atoms with Gasteiger partial charge in [-0.1, -0.05) is 24.6 Å². The van der Waals surface area contributed by atoms with E-state index in [1.165, 1.54) is 18.2 Å². The molecule has 0 radical (unpaired) electrons. The van der Waals surface area contributed by atoms with Gasteiger partial charge in [-0.3, -0.25) is 4.79 Å². The van der Waals surface area contributed by atoms with Crippen LogP contribution < -0.4 is 16.4 Å². The van der Waals surface area contributed by atoms with Crippen molar-refractivity contribution in [3.8, 4) is 11.3 Å². The number of dihydropyridines is 1. The third-order valence-electron chi connectivity index (χ3n) is 6.12. The van der Waals surface area contributed by atoms with Crippen LogP contribution in [0.25, 0.3) is 11.3 Å². The standard InChI is InChI=1S/C25H28F2N4O/c1-14-3-4-20(26)19(11-14)24-21(27)5-6-22(30-24)25(32)31-23-13-29-8-7-18(23)16-9-15(2)10-17(28)12-16/h3-7,11,13,15-17,29H,8-10,12,28H2,1-2H3,(H,31,32)/t15-,16+,17-/m0/s1. The van der Waals surface area contributed by atoms with Crippen LogP contribution in [0.15, 0.2) is 53.9 Å². The van der Waals surface area contributed by atoms with Crippen molar-refractivity contribution in [3.05, 3.63) is 76.8 Å². The average Bonchev–Trinajstić information content (AvgIpc) is 2.75. The van der Waals surface area contributed by atoms with Crippen LogP contribution in [0, 0.1) is 30.4 Å². The van der Waals surface area contributed by atoms with Gasteiger partial charge >= 0.3 is 0 Å². The molecule has 1 aliphatic heterocycles. The zero-order valence-electron chi connectivity index (χ0n) is 18.3. The lowest BCUT2D eigenvalue weighted by Gasteiger charge is -2.34. The third-order valence-corrected chi connectivity index (χ3v) is 6.12. The number of nitrogens with one attached hydrogen (secondary N) is 2. The van der Waals surface area contributed by atoms with E-state index in [0.717, 1.165) is 36.5 Å². The molecule has 2 aliphatic rings. The zero-order chi connectivity index (χ0) is 22.8. The molecule has 4 N–H and O–H groups in total. The van der Waals surface area contributed by atoms with Crippen LogP contribution in [0.5, 0.6) is 0 Å². The second-order valence-corrected chi connectivity index (χ2v) is 8.86. The van der Waals surface area contributed by atoms with Crippen LogP contribution in [-0.4, -0.2) is 23.5 Å². The predicted molar refractivity (Wildman–Crippen MR) is 120 cm³/mol. The second kappa shape index (κ2) is 9.20. The van der Waals surface area contributed by atoms with E-state index >= 15 is 0 Å². The summed E-state index contributed by atoms with van der Waals surface area (Å²) in [5.41, 5.74) is 8.60. The van der Waals surface area contributed by atoms with Crippen molar-refractivity contribution in [1.29, 1.82) is 0 Å². The molecule has 4 rings (SSSR count). The Morgan fingerprint density at radius 3 is 2.72 bits per heavy atom. The number of pyridine rings is 1. The number of hydrogen-bond acceptors (Lipinski definition) is 4. The topological polar surface area (TPSA) is 80.0 Å². The van der Waals surface area contributed by atoms with E-state index in [2.05, 4.69) is 28.6 Å².